The van der Waals surface area contributed by atoms with Gasteiger partial charge in [-0.1, -0.05) is 0 Å². The second-order valence-corrected chi connectivity index (χ2v) is 5.68. The predicted octanol–water partition coefficient (Wildman–Crippen LogP) is 1.03. The molecule has 3 rings (SSSR count). The highest BCUT2D eigenvalue weighted by Crippen LogP contribution is 2.24. The van der Waals surface area contributed by atoms with Crippen LogP contribution in [0.15, 0.2) is 24.5 Å². The fourth-order valence-corrected chi connectivity index (χ4v) is 3.00. The summed E-state index contributed by atoms with van der Waals surface area (Å²) in [6, 6.07) is 3.62. The van der Waals surface area contributed by atoms with Crippen LogP contribution < -0.4 is 5.73 Å². The van der Waals surface area contributed by atoms with E-state index in [1.165, 1.54) is 0 Å². The molecule has 2 atom stereocenters. The Morgan fingerprint density at radius 2 is 2.36 bits per heavy atom. The molecular formula is C15H21N5O2. The molecule has 0 radical (unpaired) electrons. The summed E-state index contributed by atoms with van der Waals surface area (Å²) in [6.07, 6.45) is 4.47. The normalized spacial score (nSPS) is 21.5. The minimum atomic E-state index is 0.0310. The molecule has 1 saturated heterocycles. The van der Waals surface area contributed by atoms with Crippen LogP contribution in [0.5, 0.6) is 0 Å². The first-order valence-electron chi connectivity index (χ1n) is 7.35. The molecule has 2 aromatic rings. The van der Waals surface area contributed by atoms with Crippen molar-refractivity contribution in [3.05, 3.63) is 35.8 Å². The SMILES string of the molecule is CO[C@@H]1C[C@@H](Cn2ccc(N)n2)N(C(=O)c2cc[nH]c2C)C1. The van der Waals surface area contributed by atoms with Gasteiger partial charge >= 0.3 is 0 Å². The highest BCUT2D eigenvalue weighted by molar-refractivity contribution is 5.95. The molecule has 0 saturated carbocycles. The van der Waals surface area contributed by atoms with Crippen molar-refractivity contribution in [2.45, 2.75) is 32.0 Å². The molecule has 0 aromatic carbocycles. The monoisotopic (exact) mass is 303 g/mol. The minimum absolute atomic E-state index is 0.0310. The van der Waals surface area contributed by atoms with E-state index in [4.69, 9.17) is 10.5 Å². The number of aryl methyl sites for hydroxylation is 1. The number of aromatic nitrogens is 3. The van der Waals surface area contributed by atoms with E-state index in [1.54, 1.807) is 24.1 Å². The van der Waals surface area contributed by atoms with Crippen molar-refractivity contribution in [2.75, 3.05) is 19.4 Å². The van der Waals surface area contributed by atoms with Gasteiger partial charge in [-0.25, -0.2) is 0 Å². The Hall–Kier alpha value is -2.28. The zero-order chi connectivity index (χ0) is 15.7. The van der Waals surface area contributed by atoms with Crippen molar-refractivity contribution in [3.63, 3.8) is 0 Å². The quantitative estimate of drug-likeness (QED) is 0.883. The van der Waals surface area contributed by atoms with Crippen LogP contribution in [0.3, 0.4) is 0 Å². The highest BCUT2D eigenvalue weighted by atomic mass is 16.5. The minimum Gasteiger partial charge on any atom is -0.382 e. The van der Waals surface area contributed by atoms with E-state index in [2.05, 4.69) is 10.1 Å². The molecule has 3 heterocycles. The number of likely N-dealkylation sites (tertiary alicyclic amines) is 1. The fourth-order valence-electron chi connectivity index (χ4n) is 3.00. The van der Waals surface area contributed by atoms with E-state index in [1.807, 2.05) is 24.1 Å². The molecule has 1 aliphatic rings. The molecule has 1 amide bonds. The third kappa shape index (κ3) is 2.71. The molecule has 0 unspecified atom stereocenters. The Morgan fingerprint density at radius 1 is 1.55 bits per heavy atom. The first-order chi connectivity index (χ1) is 10.6. The highest BCUT2D eigenvalue weighted by Gasteiger charge is 2.36. The number of carbonyl (C=O) groups excluding carboxylic acids is 1. The largest absolute Gasteiger partial charge is 0.382 e. The number of hydrogen-bond donors (Lipinski definition) is 2. The molecule has 22 heavy (non-hydrogen) atoms. The van der Waals surface area contributed by atoms with Gasteiger partial charge in [-0.05, 0) is 25.5 Å². The summed E-state index contributed by atoms with van der Waals surface area (Å²) in [4.78, 5) is 17.7. The van der Waals surface area contributed by atoms with Crippen LogP contribution >= 0.6 is 0 Å². The number of hydrogen-bond acceptors (Lipinski definition) is 4. The third-order valence-electron chi connectivity index (χ3n) is 4.21. The zero-order valence-corrected chi connectivity index (χ0v) is 12.8. The number of carbonyl (C=O) groups is 1. The maximum atomic E-state index is 12.8. The van der Waals surface area contributed by atoms with Crippen molar-refractivity contribution in [2.24, 2.45) is 0 Å². The average Bonchev–Trinajstić information content (AvgIpc) is 3.19. The van der Waals surface area contributed by atoms with Gasteiger partial charge in [0.25, 0.3) is 5.91 Å². The van der Waals surface area contributed by atoms with Gasteiger partial charge in [0.15, 0.2) is 0 Å². The Bertz CT molecular complexity index is 662. The van der Waals surface area contributed by atoms with Crippen molar-refractivity contribution < 1.29 is 9.53 Å². The summed E-state index contributed by atoms with van der Waals surface area (Å²) in [6.45, 7) is 3.12. The number of rotatable bonds is 4. The summed E-state index contributed by atoms with van der Waals surface area (Å²) in [5.74, 6) is 0.518. The fraction of sp³-hybridized carbons (Fsp3) is 0.467. The number of nitrogen functional groups attached to an aromatic ring is 1. The summed E-state index contributed by atoms with van der Waals surface area (Å²) in [5, 5.41) is 4.21. The molecular weight excluding hydrogens is 282 g/mol. The maximum absolute atomic E-state index is 12.8. The van der Waals surface area contributed by atoms with E-state index >= 15 is 0 Å². The number of methoxy groups -OCH3 is 1. The first kappa shape index (κ1) is 14.6. The van der Waals surface area contributed by atoms with Gasteiger partial charge in [0.2, 0.25) is 0 Å². The molecule has 118 valence electrons. The zero-order valence-electron chi connectivity index (χ0n) is 12.8. The lowest BCUT2D eigenvalue weighted by Crippen LogP contribution is -2.38. The lowest BCUT2D eigenvalue weighted by Gasteiger charge is -2.24. The molecule has 1 fully saturated rings. The second kappa shape index (κ2) is 5.84. The molecule has 3 N–H and O–H groups in total. The number of nitrogens with two attached hydrogens (primary N) is 1. The number of aromatic amines is 1. The van der Waals surface area contributed by atoms with Gasteiger partial charge in [-0.3, -0.25) is 9.48 Å². The molecule has 0 bridgehead atoms. The van der Waals surface area contributed by atoms with Crippen LogP contribution in [0, 0.1) is 6.92 Å². The smallest absolute Gasteiger partial charge is 0.256 e. The van der Waals surface area contributed by atoms with E-state index < -0.39 is 0 Å². The lowest BCUT2D eigenvalue weighted by molar-refractivity contribution is 0.0678. The van der Waals surface area contributed by atoms with E-state index in [0.29, 0.717) is 24.5 Å². The van der Waals surface area contributed by atoms with Crippen molar-refractivity contribution >= 4 is 11.7 Å². The van der Waals surface area contributed by atoms with Crippen LogP contribution in [-0.4, -0.2) is 51.4 Å². The Labute approximate surface area is 129 Å². The Balaban J connectivity index is 1.80. The van der Waals surface area contributed by atoms with Crippen LogP contribution in [0.25, 0.3) is 0 Å². The summed E-state index contributed by atoms with van der Waals surface area (Å²) in [7, 11) is 1.68. The van der Waals surface area contributed by atoms with E-state index in [-0.39, 0.29) is 18.1 Å². The predicted molar refractivity (Wildman–Crippen MR) is 82.4 cm³/mol. The average molecular weight is 303 g/mol. The van der Waals surface area contributed by atoms with E-state index in [9.17, 15) is 4.79 Å². The van der Waals surface area contributed by atoms with Crippen molar-refractivity contribution in [3.8, 4) is 0 Å². The Kier molecular flexibility index (Phi) is 3.89. The van der Waals surface area contributed by atoms with Crippen molar-refractivity contribution in [1.82, 2.24) is 19.7 Å². The third-order valence-corrected chi connectivity index (χ3v) is 4.21. The molecule has 2 aromatic heterocycles. The number of nitrogens with one attached hydrogen (secondary N) is 1. The summed E-state index contributed by atoms with van der Waals surface area (Å²) < 4.78 is 7.24. The van der Waals surface area contributed by atoms with Gasteiger partial charge in [0, 0.05) is 31.7 Å². The van der Waals surface area contributed by atoms with Crippen LogP contribution in [0.2, 0.25) is 0 Å². The number of nitrogens with zero attached hydrogens (tertiary/aromatic N) is 3. The second-order valence-electron chi connectivity index (χ2n) is 5.68. The summed E-state index contributed by atoms with van der Waals surface area (Å²) in [5.41, 5.74) is 7.25. The topological polar surface area (TPSA) is 89.2 Å². The Morgan fingerprint density at radius 3 is 2.95 bits per heavy atom. The molecule has 0 spiro atoms. The molecule has 0 aliphatic carbocycles. The maximum Gasteiger partial charge on any atom is 0.256 e. The molecule has 7 heteroatoms. The lowest BCUT2D eigenvalue weighted by atomic mass is 10.1. The number of H-pyrrole nitrogens is 1. The van der Waals surface area contributed by atoms with Crippen LogP contribution in [-0.2, 0) is 11.3 Å². The first-order valence-corrected chi connectivity index (χ1v) is 7.35. The van der Waals surface area contributed by atoms with E-state index in [0.717, 1.165) is 12.1 Å². The van der Waals surface area contributed by atoms with Gasteiger partial charge in [0.1, 0.15) is 5.82 Å². The van der Waals surface area contributed by atoms with Crippen LogP contribution in [0.4, 0.5) is 5.82 Å². The van der Waals surface area contributed by atoms with Gasteiger partial charge < -0.3 is 20.4 Å². The number of anilines is 1. The van der Waals surface area contributed by atoms with Crippen LogP contribution in [0.1, 0.15) is 22.5 Å². The summed E-state index contributed by atoms with van der Waals surface area (Å²) >= 11 is 0. The standard InChI is InChI=1S/C15H21N5O2/c1-10-13(3-5-17-10)15(21)20-9-12(22-2)7-11(20)8-19-6-4-14(16)18-19/h3-6,11-12,17H,7-9H2,1-2H3,(H2,16,18)/t11-,12+/m0/s1. The molecule has 1 aliphatic heterocycles. The molecule has 7 nitrogen and oxygen atoms in total. The van der Waals surface area contributed by atoms with Gasteiger partial charge in [-0.15, -0.1) is 0 Å². The number of amides is 1. The van der Waals surface area contributed by atoms with Crippen molar-refractivity contribution in [1.29, 1.82) is 0 Å². The van der Waals surface area contributed by atoms with Gasteiger partial charge in [0.05, 0.1) is 24.3 Å². The van der Waals surface area contributed by atoms with Gasteiger partial charge in [-0.2, -0.15) is 5.10 Å². The number of ether oxygens (including phenoxy) is 1.